The number of hydrogen-bond acceptors (Lipinski definition) is 6. The van der Waals surface area contributed by atoms with Crippen LogP contribution < -0.4 is 34.7 Å². The Morgan fingerprint density at radius 1 is 0.947 bits per heavy atom. The molecule has 0 radical (unpaired) electrons. The fourth-order valence-corrected chi connectivity index (χ4v) is 0.922. The Labute approximate surface area is 121 Å². The van der Waals surface area contributed by atoms with E-state index in [-0.39, 0.29) is 29.6 Å². The molecule has 102 valence electrons. The van der Waals surface area contributed by atoms with Gasteiger partial charge in [-0.1, -0.05) is 0 Å². The van der Waals surface area contributed by atoms with E-state index in [4.69, 9.17) is 0 Å². The van der Waals surface area contributed by atoms with Gasteiger partial charge in [0.15, 0.2) is 0 Å². The number of hydrogen-bond donors (Lipinski definition) is 0. The Morgan fingerprint density at radius 3 is 1.58 bits per heavy atom. The van der Waals surface area contributed by atoms with Crippen molar-refractivity contribution in [3.8, 4) is 0 Å². The summed E-state index contributed by atoms with van der Waals surface area (Å²) in [4.78, 5) is 10.3. The van der Waals surface area contributed by atoms with Crippen molar-refractivity contribution in [1.82, 2.24) is 0 Å². The number of carbonyl (C=O) groups excluding carboxylic acids is 1. The largest absolute Gasteiger partial charge is 1.00 e. The number of carboxylic acid groups (broad SMARTS) is 1. The number of nitrogens with zero attached hydrogens (tertiary/aromatic N) is 4. The number of carboxylic acids is 1. The van der Waals surface area contributed by atoms with Crippen LogP contribution in [0.15, 0.2) is 20.7 Å². The average Bonchev–Trinajstić information content (AvgIpc) is 2.65. The van der Waals surface area contributed by atoms with Gasteiger partial charge >= 0.3 is 53.2 Å². The minimum absolute atomic E-state index is 0. The summed E-state index contributed by atoms with van der Waals surface area (Å²) < 4.78 is 86.9. The molecule has 0 aliphatic carbocycles. The molecule has 0 fully saturated rings. The fourth-order valence-electron chi connectivity index (χ4n) is 0.922. The summed E-state index contributed by atoms with van der Waals surface area (Å²) in [5, 5.41) is 18.8. The van der Waals surface area contributed by atoms with E-state index in [1.54, 1.807) is 0 Å². The molecule has 6 nitrogen and oxygen atoms in total. The third-order valence-corrected chi connectivity index (χ3v) is 1.89. The van der Waals surface area contributed by atoms with Crippen LogP contribution in [-0.4, -0.2) is 29.7 Å². The molecule has 1 aliphatic rings. The van der Waals surface area contributed by atoms with Gasteiger partial charge < -0.3 is 9.90 Å². The summed E-state index contributed by atoms with van der Waals surface area (Å²) in [6, 6.07) is 0. The van der Waals surface area contributed by atoms with E-state index in [1.807, 2.05) is 10.2 Å². The predicted octanol–water partition coefficient (Wildman–Crippen LogP) is -1.90. The number of aliphatic carboxylic acids is 1. The van der Waals surface area contributed by atoms with Gasteiger partial charge in [-0.2, -0.15) is 30.7 Å². The molecule has 1 rings (SSSR count). The molecule has 0 bridgehead atoms. The molecule has 0 aromatic carbocycles. The standard InChI is InChI=1S/C5HF7N4O2.Na/c6-3(7,4(8,9)5(10,11)12)2(1(17)18)13-15-16-14-2;/h(H,17,18);/q;+1/p-1. The van der Waals surface area contributed by atoms with Crippen LogP contribution in [0.1, 0.15) is 0 Å². The first-order chi connectivity index (χ1) is 7.90. The first kappa shape index (κ1) is 18.2. The third-order valence-electron chi connectivity index (χ3n) is 1.89. The molecule has 0 atom stereocenters. The first-order valence-electron chi connectivity index (χ1n) is 3.78. The third kappa shape index (κ3) is 2.33. The van der Waals surface area contributed by atoms with Gasteiger partial charge in [-0.3, -0.25) is 0 Å². The number of carbonyl (C=O) groups is 1. The van der Waals surface area contributed by atoms with Crippen LogP contribution in [0.25, 0.3) is 0 Å². The van der Waals surface area contributed by atoms with Crippen molar-refractivity contribution < 1.29 is 70.2 Å². The van der Waals surface area contributed by atoms with Crippen LogP contribution in [0, 0.1) is 0 Å². The van der Waals surface area contributed by atoms with Gasteiger partial charge in [0.05, 0.1) is 0 Å². The molecular weight excluding hydrogens is 304 g/mol. The molecule has 0 unspecified atom stereocenters. The van der Waals surface area contributed by atoms with Gasteiger partial charge in [0.1, 0.15) is 5.97 Å². The Balaban J connectivity index is 0.00000324. The van der Waals surface area contributed by atoms with Crippen molar-refractivity contribution >= 4 is 5.97 Å². The molecule has 0 N–H and O–H groups in total. The molecular formula is C5F7N4NaO2. The van der Waals surface area contributed by atoms with E-state index in [0.717, 1.165) is 0 Å². The zero-order valence-electron chi connectivity index (χ0n) is 8.75. The van der Waals surface area contributed by atoms with E-state index in [2.05, 4.69) is 10.4 Å². The van der Waals surface area contributed by atoms with Crippen molar-refractivity contribution in [3.63, 3.8) is 0 Å². The van der Waals surface area contributed by atoms with Crippen LogP contribution >= 0.6 is 0 Å². The SMILES string of the molecule is O=C([O-])C1(C(F)(F)C(F)(F)C(F)(F)F)N=NN=N1.[Na+]. The number of halogens is 7. The van der Waals surface area contributed by atoms with Crippen LogP contribution in [0.4, 0.5) is 30.7 Å². The zero-order valence-corrected chi connectivity index (χ0v) is 10.8. The van der Waals surface area contributed by atoms with Gasteiger partial charge in [-0.15, -0.1) is 10.2 Å². The van der Waals surface area contributed by atoms with E-state index in [1.165, 1.54) is 0 Å². The molecule has 0 aromatic heterocycles. The summed E-state index contributed by atoms with van der Waals surface area (Å²) >= 11 is 0. The normalized spacial score (nSPS) is 18.3. The second kappa shape index (κ2) is 4.94. The van der Waals surface area contributed by atoms with Gasteiger partial charge in [0, 0.05) is 0 Å². The van der Waals surface area contributed by atoms with Crippen molar-refractivity contribution in [2.45, 2.75) is 23.7 Å². The maximum Gasteiger partial charge on any atom is 1.00 e. The Hall–Kier alpha value is -0.820. The molecule has 0 saturated carbocycles. The number of alkyl halides is 7. The minimum Gasteiger partial charge on any atom is -0.545 e. The Bertz CT molecular complexity index is 422. The van der Waals surface area contributed by atoms with Crippen LogP contribution in [-0.2, 0) is 4.79 Å². The predicted molar refractivity (Wildman–Crippen MR) is 33.4 cm³/mol. The van der Waals surface area contributed by atoms with Crippen molar-refractivity contribution in [1.29, 1.82) is 0 Å². The Kier molecular flexibility index (Phi) is 4.72. The number of rotatable bonds is 3. The Morgan fingerprint density at radius 2 is 1.32 bits per heavy atom. The van der Waals surface area contributed by atoms with E-state index in [0.29, 0.717) is 0 Å². The molecule has 1 aliphatic heterocycles. The van der Waals surface area contributed by atoms with Crippen molar-refractivity contribution in [2.24, 2.45) is 20.7 Å². The molecule has 1 heterocycles. The maximum atomic E-state index is 13.1. The maximum absolute atomic E-state index is 13.1. The molecule has 0 saturated heterocycles. The summed E-state index contributed by atoms with van der Waals surface area (Å²) in [7, 11) is 0. The average molecular weight is 304 g/mol. The van der Waals surface area contributed by atoms with E-state index < -0.39 is 29.7 Å². The van der Waals surface area contributed by atoms with Crippen LogP contribution in [0.5, 0.6) is 0 Å². The van der Waals surface area contributed by atoms with Crippen molar-refractivity contribution in [2.75, 3.05) is 0 Å². The van der Waals surface area contributed by atoms with Gasteiger partial charge in [-0.05, 0) is 10.4 Å². The summed E-state index contributed by atoms with van der Waals surface area (Å²) in [6.45, 7) is 0. The second-order valence-corrected chi connectivity index (χ2v) is 2.99. The summed E-state index contributed by atoms with van der Waals surface area (Å²) in [5.41, 5.74) is -4.55. The quantitative estimate of drug-likeness (QED) is 0.450. The molecule has 0 spiro atoms. The van der Waals surface area contributed by atoms with Crippen LogP contribution in [0.3, 0.4) is 0 Å². The van der Waals surface area contributed by atoms with E-state index in [9.17, 15) is 40.6 Å². The van der Waals surface area contributed by atoms with E-state index >= 15 is 0 Å². The van der Waals surface area contributed by atoms with Crippen LogP contribution in [0.2, 0.25) is 0 Å². The van der Waals surface area contributed by atoms with Gasteiger partial charge in [-0.25, -0.2) is 0 Å². The van der Waals surface area contributed by atoms with Gasteiger partial charge in [0.2, 0.25) is 0 Å². The second-order valence-electron chi connectivity index (χ2n) is 2.99. The minimum atomic E-state index is -6.73. The first-order valence-corrected chi connectivity index (χ1v) is 3.78. The van der Waals surface area contributed by atoms with Crippen molar-refractivity contribution in [3.05, 3.63) is 0 Å². The molecule has 0 amide bonds. The summed E-state index contributed by atoms with van der Waals surface area (Å²) in [6.07, 6.45) is -6.73. The topological polar surface area (TPSA) is 89.6 Å². The summed E-state index contributed by atoms with van der Waals surface area (Å²) in [5.74, 6) is -16.1. The monoisotopic (exact) mass is 304 g/mol. The fraction of sp³-hybridized carbons (Fsp3) is 0.800. The molecule has 0 aromatic rings. The molecule has 14 heteroatoms. The zero-order chi connectivity index (χ0) is 14.4. The van der Waals surface area contributed by atoms with Gasteiger partial charge in [0.25, 0.3) is 0 Å². The molecule has 19 heavy (non-hydrogen) atoms. The smallest absolute Gasteiger partial charge is 0.545 e.